The molecule has 0 unspecified atom stereocenters. The fourth-order valence-electron chi connectivity index (χ4n) is 2.45. The molecule has 0 amide bonds. The minimum Gasteiger partial charge on any atom is -0.382 e. The molecule has 0 aromatic carbocycles. The molecule has 0 bridgehead atoms. The van der Waals surface area contributed by atoms with E-state index in [1.54, 1.807) is 14.2 Å². The van der Waals surface area contributed by atoms with Gasteiger partial charge in [-0.1, -0.05) is 12.8 Å². The summed E-state index contributed by atoms with van der Waals surface area (Å²) >= 11 is 0. The molecule has 0 aromatic heterocycles. The van der Waals surface area contributed by atoms with Crippen molar-refractivity contribution < 1.29 is 28.4 Å². The molecule has 6 heteroatoms. The Balaban J connectivity index is 1.99. The summed E-state index contributed by atoms with van der Waals surface area (Å²) in [7, 11) is 3.35. The third kappa shape index (κ3) is 9.71. The van der Waals surface area contributed by atoms with E-state index in [0.29, 0.717) is 52.9 Å². The van der Waals surface area contributed by atoms with Crippen molar-refractivity contribution in [1.29, 1.82) is 0 Å². The second kappa shape index (κ2) is 14.4. The SMILES string of the molecule is COCCOCCOCCO[C@@H]1CCCC[C@H]1OCCOC. The molecule has 2 atom stereocenters. The average Bonchev–Trinajstić information content (AvgIpc) is 2.55. The summed E-state index contributed by atoms with van der Waals surface area (Å²) in [6.45, 7) is 4.88. The van der Waals surface area contributed by atoms with Crippen molar-refractivity contribution in [1.82, 2.24) is 0 Å². The van der Waals surface area contributed by atoms with E-state index < -0.39 is 0 Å². The van der Waals surface area contributed by atoms with Crippen LogP contribution in [-0.4, -0.2) is 79.3 Å². The van der Waals surface area contributed by atoms with Crippen molar-refractivity contribution in [3.63, 3.8) is 0 Å². The molecule has 1 aliphatic rings. The van der Waals surface area contributed by atoms with Gasteiger partial charge in [0, 0.05) is 14.2 Å². The molecule has 1 fully saturated rings. The van der Waals surface area contributed by atoms with Crippen LogP contribution in [0.1, 0.15) is 25.7 Å². The van der Waals surface area contributed by atoms with Gasteiger partial charge in [0.1, 0.15) is 0 Å². The van der Waals surface area contributed by atoms with Crippen LogP contribution in [0, 0.1) is 0 Å². The Hall–Kier alpha value is -0.240. The molecule has 132 valence electrons. The monoisotopic (exact) mass is 320 g/mol. The lowest BCUT2D eigenvalue weighted by Gasteiger charge is -2.31. The highest BCUT2D eigenvalue weighted by Gasteiger charge is 2.26. The quantitative estimate of drug-likeness (QED) is 0.454. The van der Waals surface area contributed by atoms with Gasteiger partial charge in [0.25, 0.3) is 0 Å². The highest BCUT2D eigenvalue weighted by atomic mass is 16.6. The zero-order valence-electron chi connectivity index (χ0n) is 14.1. The van der Waals surface area contributed by atoms with Crippen LogP contribution in [0.3, 0.4) is 0 Å². The average molecular weight is 320 g/mol. The van der Waals surface area contributed by atoms with E-state index >= 15 is 0 Å². The first-order chi connectivity index (χ1) is 10.9. The lowest BCUT2D eigenvalue weighted by atomic mass is 9.94. The molecule has 0 spiro atoms. The first-order valence-electron chi connectivity index (χ1n) is 8.25. The second-order valence-electron chi connectivity index (χ2n) is 5.31. The number of methoxy groups -OCH3 is 2. The van der Waals surface area contributed by atoms with Gasteiger partial charge in [-0.25, -0.2) is 0 Å². The zero-order chi connectivity index (χ0) is 15.9. The maximum Gasteiger partial charge on any atom is 0.0837 e. The maximum atomic E-state index is 5.92. The van der Waals surface area contributed by atoms with E-state index in [9.17, 15) is 0 Å². The summed E-state index contributed by atoms with van der Waals surface area (Å²) in [4.78, 5) is 0. The third-order valence-electron chi connectivity index (χ3n) is 3.62. The summed E-state index contributed by atoms with van der Waals surface area (Å²) in [6, 6.07) is 0. The van der Waals surface area contributed by atoms with Crippen molar-refractivity contribution in [2.24, 2.45) is 0 Å². The fraction of sp³-hybridized carbons (Fsp3) is 1.00. The zero-order valence-corrected chi connectivity index (χ0v) is 14.1. The van der Waals surface area contributed by atoms with E-state index in [0.717, 1.165) is 12.8 Å². The van der Waals surface area contributed by atoms with Crippen LogP contribution in [0.25, 0.3) is 0 Å². The van der Waals surface area contributed by atoms with E-state index in [-0.39, 0.29) is 12.2 Å². The van der Waals surface area contributed by atoms with Crippen LogP contribution in [-0.2, 0) is 28.4 Å². The molecular weight excluding hydrogens is 288 g/mol. The van der Waals surface area contributed by atoms with E-state index in [4.69, 9.17) is 28.4 Å². The van der Waals surface area contributed by atoms with Crippen molar-refractivity contribution >= 4 is 0 Å². The summed E-state index contributed by atoms with van der Waals surface area (Å²) in [5.74, 6) is 0. The molecule has 0 radical (unpaired) electrons. The Bertz CT molecular complexity index is 239. The van der Waals surface area contributed by atoms with Crippen LogP contribution in [0.15, 0.2) is 0 Å². The molecule has 0 aliphatic heterocycles. The van der Waals surface area contributed by atoms with Gasteiger partial charge >= 0.3 is 0 Å². The number of rotatable bonds is 14. The lowest BCUT2D eigenvalue weighted by molar-refractivity contribution is -0.109. The Morgan fingerprint density at radius 2 is 1.00 bits per heavy atom. The summed E-state index contributed by atoms with van der Waals surface area (Å²) < 4.78 is 32.5. The predicted octanol–water partition coefficient (Wildman–Crippen LogP) is 1.66. The van der Waals surface area contributed by atoms with Gasteiger partial charge in [-0.2, -0.15) is 0 Å². The molecule has 1 saturated carbocycles. The van der Waals surface area contributed by atoms with Gasteiger partial charge in [0.15, 0.2) is 0 Å². The van der Waals surface area contributed by atoms with Crippen molar-refractivity contribution in [3.05, 3.63) is 0 Å². The van der Waals surface area contributed by atoms with Crippen molar-refractivity contribution in [2.75, 3.05) is 67.1 Å². The summed E-state index contributed by atoms with van der Waals surface area (Å²) in [6.07, 6.45) is 4.95. The lowest BCUT2D eigenvalue weighted by Crippen LogP contribution is -2.36. The highest BCUT2D eigenvalue weighted by Crippen LogP contribution is 2.23. The van der Waals surface area contributed by atoms with Gasteiger partial charge in [-0.3, -0.25) is 0 Å². The molecule has 0 N–H and O–H groups in total. The number of ether oxygens (including phenoxy) is 6. The first kappa shape index (κ1) is 19.8. The molecule has 0 saturated heterocycles. The standard InChI is InChI=1S/C16H32O6/c1-17-7-9-19-10-11-20-12-14-22-16-6-4-3-5-15(16)21-13-8-18-2/h15-16H,3-14H2,1-2H3/t15-,16-/m1/s1. The Kier molecular flexibility index (Phi) is 12.9. The van der Waals surface area contributed by atoms with Crippen LogP contribution in [0.5, 0.6) is 0 Å². The van der Waals surface area contributed by atoms with Crippen molar-refractivity contribution in [3.8, 4) is 0 Å². The third-order valence-corrected chi connectivity index (χ3v) is 3.62. The number of hydrogen-bond donors (Lipinski definition) is 0. The van der Waals surface area contributed by atoms with Gasteiger partial charge in [0.2, 0.25) is 0 Å². The molecule has 0 heterocycles. The maximum absolute atomic E-state index is 5.92. The van der Waals surface area contributed by atoms with Gasteiger partial charge in [-0.05, 0) is 12.8 Å². The summed E-state index contributed by atoms with van der Waals surface area (Å²) in [5, 5.41) is 0. The van der Waals surface area contributed by atoms with Gasteiger partial charge in [0.05, 0.1) is 65.1 Å². The molecule has 1 aliphatic carbocycles. The minimum absolute atomic E-state index is 0.187. The Morgan fingerprint density at radius 3 is 1.55 bits per heavy atom. The van der Waals surface area contributed by atoms with E-state index in [2.05, 4.69) is 0 Å². The molecular formula is C16H32O6. The first-order valence-corrected chi connectivity index (χ1v) is 8.25. The van der Waals surface area contributed by atoms with Crippen LogP contribution in [0.2, 0.25) is 0 Å². The molecule has 1 rings (SSSR count). The molecule has 6 nitrogen and oxygen atoms in total. The van der Waals surface area contributed by atoms with Crippen LogP contribution >= 0.6 is 0 Å². The number of hydrogen-bond acceptors (Lipinski definition) is 6. The smallest absolute Gasteiger partial charge is 0.0837 e. The van der Waals surface area contributed by atoms with Gasteiger partial charge in [-0.15, -0.1) is 0 Å². The largest absolute Gasteiger partial charge is 0.382 e. The van der Waals surface area contributed by atoms with Crippen LogP contribution < -0.4 is 0 Å². The van der Waals surface area contributed by atoms with Gasteiger partial charge < -0.3 is 28.4 Å². The summed E-state index contributed by atoms with van der Waals surface area (Å²) in [5.41, 5.74) is 0. The predicted molar refractivity (Wildman–Crippen MR) is 83.3 cm³/mol. The highest BCUT2D eigenvalue weighted by molar-refractivity contribution is 4.76. The normalized spacial score (nSPS) is 22.1. The Labute approximate surface area is 134 Å². The fourth-order valence-corrected chi connectivity index (χ4v) is 2.45. The van der Waals surface area contributed by atoms with E-state index in [1.807, 2.05) is 0 Å². The van der Waals surface area contributed by atoms with Crippen molar-refractivity contribution in [2.45, 2.75) is 37.9 Å². The second-order valence-corrected chi connectivity index (χ2v) is 5.31. The molecule has 22 heavy (non-hydrogen) atoms. The Morgan fingerprint density at radius 1 is 0.591 bits per heavy atom. The topological polar surface area (TPSA) is 55.4 Å². The van der Waals surface area contributed by atoms with E-state index in [1.165, 1.54) is 12.8 Å². The minimum atomic E-state index is 0.187. The van der Waals surface area contributed by atoms with Crippen LogP contribution in [0.4, 0.5) is 0 Å². The molecule has 0 aromatic rings.